The van der Waals surface area contributed by atoms with Crippen molar-refractivity contribution in [3.8, 4) is 11.1 Å². The molecule has 0 atom stereocenters. The third-order valence-electron chi connectivity index (χ3n) is 11.7. The molecule has 3 heteroatoms. The summed E-state index contributed by atoms with van der Waals surface area (Å²) in [6, 6.07) is 56.4. The number of furan rings is 1. The van der Waals surface area contributed by atoms with E-state index in [1.165, 1.54) is 31.7 Å². The summed E-state index contributed by atoms with van der Waals surface area (Å²) in [6.07, 6.45) is 10.6. The summed E-state index contributed by atoms with van der Waals surface area (Å²) in [7, 11) is 0. The van der Waals surface area contributed by atoms with Crippen molar-refractivity contribution in [3.63, 3.8) is 0 Å². The van der Waals surface area contributed by atoms with Crippen LogP contribution in [0.5, 0.6) is 0 Å². The second kappa shape index (κ2) is 14.2. The van der Waals surface area contributed by atoms with Crippen LogP contribution in [0.4, 0.5) is 11.4 Å². The fourth-order valence-electron chi connectivity index (χ4n) is 8.70. The number of nitrogens with zero attached hydrogens (tertiary/aromatic N) is 1. The first-order valence-corrected chi connectivity index (χ1v) is 20.5. The molecule has 0 spiro atoms. The number of allylic oxidation sites excluding steroid dienone is 5. The van der Waals surface area contributed by atoms with E-state index in [9.17, 15) is 0 Å². The van der Waals surface area contributed by atoms with Crippen molar-refractivity contribution in [3.05, 3.63) is 228 Å². The molecular formula is C55H41NOS. The summed E-state index contributed by atoms with van der Waals surface area (Å²) < 4.78 is 8.17. The van der Waals surface area contributed by atoms with Crippen LogP contribution in [0.15, 0.2) is 211 Å². The van der Waals surface area contributed by atoms with Crippen molar-refractivity contribution in [2.24, 2.45) is 0 Å². The summed E-state index contributed by atoms with van der Waals surface area (Å²) in [4.78, 5) is 3.56. The Balaban J connectivity index is 1.16. The third-order valence-corrected chi connectivity index (χ3v) is 12.8. The van der Waals surface area contributed by atoms with Crippen LogP contribution >= 0.6 is 11.3 Å². The molecule has 0 N–H and O–H groups in total. The van der Waals surface area contributed by atoms with E-state index in [1.54, 1.807) is 11.3 Å². The molecule has 1 aliphatic rings. The Morgan fingerprint density at radius 3 is 2.17 bits per heavy atom. The molecule has 0 aliphatic heterocycles. The van der Waals surface area contributed by atoms with E-state index in [1.807, 2.05) is 12.2 Å². The maximum atomic E-state index is 6.90. The minimum Gasteiger partial charge on any atom is -0.455 e. The minimum atomic E-state index is -0.183. The zero-order valence-electron chi connectivity index (χ0n) is 32.6. The molecule has 2 nitrogen and oxygen atoms in total. The highest BCUT2D eigenvalue weighted by Crippen LogP contribution is 2.47. The lowest BCUT2D eigenvalue weighted by Crippen LogP contribution is -2.20. The Hall–Kier alpha value is -6.94. The van der Waals surface area contributed by atoms with Gasteiger partial charge in [0.05, 0.1) is 5.69 Å². The number of para-hydroxylation sites is 2. The quantitative estimate of drug-likeness (QED) is 0.136. The maximum Gasteiger partial charge on any atom is 0.143 e. The van der Waals surface area contributed by atoms with Crippen molar-refractivity contribution >= 4 is 77.2 Å². The molecule has 0 radical (unpaired) electrons. The van der Waals surface area contributed by atoms with Crippen LogP contribution in [0.3, 0.4) is 0 Å². The molecule has 0 saturated heterocycles. The van der Waals surface area contributed by atoms with Crippen molar-refractivity contribution in [2.45, 2.75) is 19.3 Å². The van der Waals surface area contributed by atoms with Crippen molar-refractivity contribution in [2.75, 3.05) is 4.90 Å². The van der Waals surface area contributed by atoms with Gasteiger partial charge in [-0.2, -0.15) is 0 Å². The molecule has 58 heavy (non-hydrogen) atoms. The first-order chi connectivity index (χ1) is 28.4. The van der Waals surface area contributed by atoms with Crippen LogP contribution in [0, 0.1) is 0 Å². The van der Waals surface area contributed by atoms with E-state index in [0.717, 1.165) is 72.0 Å². The lowest BCUT2D eigenvalue weighted by atomic mass is 9.81. The van der Waals surface area contributed by atoms with Gasteiger partial charge in [-0.3, -0.25) is 0 Å². The van der Waals surface area contributed by atoms with Gasteiger partial charge in [0.1, 0.15) is 11.2 Å². The average Bonchev–Trinajstić information content (AvgIpc) is 3.94. The van der Waals surface area contributed by atoms with Gasteiger partial charge < -0.3 is 9.32 Å². The molecule has 0 fully saturated rings. The monoisotopic (exact) mass is 763 g/mol. The standard InChI is InChI=1S/C55H41NOS/c1-5-16-43(52-34-39-19-9-14-26-51(39)58-52)37-27-30-42(31-28-37)56(41(6-2)35-40-33-38-18-8-12-24-49(38)55(40,3)4)50-25-13-11-21-45(50)46-22-15-23-47-48-32-29-36-17-7-10-20-44(36)53(48)57-54(46)47/h5-35H,1-2H2,3-4H3/b41-35+,43-16-. The zero-order chi connectivity index (χ0) is 39.4. The van der Waals surface area contributed by atoms with Crippen LogP contribution in [0.2, 0.25) is 0 Å². The van der Waals surface area contributed by atoms with Gasteiger partial charge in [-0.15, -0.1) is 11.3 Å². The maximum absolute atomic E-state index is 6.90. The number of fused-ring (bicyclic) bond motifs is 7. The molecule has 2 heterocycles. The molecule has 0 amide bonds. The van der Waals surface area contributed by atoms with Gasteiger partial charge in [0, 0.05) is 53.7 Å². The Morgan fingerprint density at radius 2 is 1.36 bits per heavy atom. The lowest BCUT2D eigenvalue weighted by Gasteiger charge is -2.30. The van der Waals surface area contributed by atoms with Gasteiger partial charge in [0.2, 0.25) is 0 Å². The van der Waals surface area contributed by atoms with Gasteiger partial charge in [-0.25, -0.2) is 0 Å². The number of hydrogen-bond acceptors (Lipinski definition) is 3. The van der Waals surface area contributed by atoms with Gasteiger partial charge in [0.25, 0.3) is 0 Å². The Labute approximate surface area is 343 Å². The number of thiophene rings is 1. The molecule has 0 saturated carbocycles. The van der Waals surface area contributed by atoms with Gasteiger partial charge >= 0.3 is 0 Å². The van der Waals surface area contributed by atoms with Gasteiger partial charge in [-0.05, 0) is 87.2 Å². The Morgan fingerprint density at radius 1 is 0.655 bits per heavy atom. The topological polar surface area (TPSA) is 16.4 Å². The Kier molecular flexibility index (Phi) is 8.69. The average molecular weight is 764 g/mol. The lowest BCUT2D eigenvalue weighted by molar-refractivity contribution is 0.654. The number of hydrogen-bond donors (Lipinski definition) is 0. The van der Waals surface area contributed by atoms with Crippen LogP contribution in [-0.2, 0) is 5.41 Å². The predicted octanol–water partition coefficient (Wildman–Crippen LogP) is 15.8. The third kappa shape index (κ3) is 5.86. The van der Waals surface area contributed by atoms with Crippen molar-refractivity contribution < 1.29 is 4.42 Å². The molecule has 2 aromatic heterocycles. The second-order valence-corrected chi connectivity index (χ2v) is 16.5. The normalized spacial score (nSPS) is 13.9. The zero-order valence-corrected chi connectivity index (χ0v) is 33.4. The number of benzene rings is 7. The number of rotatable bonds is 9. The summed E-state index contributed by atoms with van der Waals surface area (Å²) in [5.41, 5.74) is 12.8. The van der Waals surface area contributed by atoms with Crippen LogP contribution in [0.25, 0.3) is 65.6 Å². The second-order valence-electron chi connectivity index (χ2n) is 15.4. The number of anilines is 2. The van der Waals surface area contributed by atoms with Crippen molar-refractivity contribution in [1.82, 2.24) is 0 Å². The molecule has 7 aromatic carbocycles. The first kappa shape index (κ1) is 35.5. The van der Waals surface area contributed by atoms with Crippen LogP contribution in [-0.4, -0.2) is 0 Å². The highest BCUT2D eigenvalue weighted by molar-refractivity contribution is 7.20. The predicted molar refractivity (Wildman–Crippen MR) is 250 cm³/mol. The largest absolute Gasteiger partial charge is 0.455 e. The molecule has 0 bridgehead atoms. The minimum absolute atomic E-state index is 0.183. The SMILES string of the molecule is C=C/C=C(/c1ccc(N(/C(C=C)=C/C2=Cc3ccccc3C2(C)C)c2ccccc2-c2cccc3c2oc2c4ccccc4ccc32)cc1)c1cc2ccccc2s1. The fourth-order valence-corrected chi connectivity index (χ4v) is 9.81. The Bertz CT molecular complexity index is 3150. The molecule has 0 unspecified atom stereocenters. The smallest absolute Gasteiger partial charge is 0.143 e. The molecule has 1 aliphatic carbocycles. The van der Waals surface area contributed by atoms with E-state index in [-0.39, 0.29) is 5.41 Å². The van der Waals surface area contributed by atoms with Crippen LogP contribution in [0.1, 0.15) is 35.4 Å². The van der Waals surface area contributed by atoms with E-state index >= 15 is 0 Å². The molecule has 9 aromatic rings. The molecule has 278 valence electrons. The summed E-state index contributed by atoms with van der Waals surface area (Å²) in [5.74, 6) is 0. The molecule has 10 rings (SSSR count). The van der Waals surface area contributed by atoms with Crippen LogP contribution < -0.4 is 4.90 Å². The highest BCUT2D eigenvalue weighted by Gasteiger charge is 2.32. The van der Waals surface area contributed by atoms with Gasteiger partial charge in [-0.1, -0.05) is 167 Å². The molecular weight excluding hydrogens is 723 g/mol. The fraction of sp³-hybridized carbons (Fsp3) is 0.0545. The van der Waals surface area contributed by atoms with E-state index < -0.39 is 0 Å². The van der Waals surface area contributed by atoms with E-state index in [4.69, 9.17) is 4.42 Å². The first-order valence-electron chi connectivity index (χ1n) is 19.7. The van der Waals surface area contributed by atoms with Gasteiger partial charge in [0.15, 0.2) is 0 Å². The summed E-state index contributed by atoms with van der Waals surface area (Å²) in [6.45, 7) is 13.1. The highest BCUT2D eigenvalue weighted by atomic mass is 32.1. The van der Waals surface area contributed by atoms with E-state index in [0.29, 0.717) is 0 Å². The summed E-state index contributed by atoms with van der Waals surface area (Å²) in [5, 5.41) is 5.74. The van der Waals surface area contributed by atoms with Crippen molar-refractivity contribution in [1.29, 1.82) is 0 Å². The van der Waals surface area contributed by atoms with E-state index in [2.05, 4.69) is 208 Å². The summed E-state index contributed by atoms with van der Waals surface area (Å²) >= 11 is 1.81.